The summed E-state index contributed by atoms with van der Waals surface area (Å²) in [5, 5.41) is 7.56. The van der Waals surface area contributed by atoms with Gasteiger partial charge < -0.3 is 15.4 Å². The molecule has 6 heteroatoms. The highest BCUT2D eigenvalue weighted by atomic mass is 35.5. The van der Waals surface area contributed by atoms with Crippen molar-refractivity contribution in [1.82, 2.24) is 10.3 Å². The Labute approximate surface area is 157 Å². The van der Waals surface area contributed by atoms with E-state index in [1.54, 1.807) is 18.3 Å². The van der Waals surface area contributed by atoms with Gasteiger partial charge in [-0.2, -0.15) is 0 Å². The molecule has 1 amide bonds. The first-order chi connectivity index (χ1) is 12.7. The van der Waals surface area contributed by atoms with Crippen molar-refractivity contribution in [1.29, 1.82) is 0 Å². The van der Waals surface area contributed by atoms with Crippen molar-refractivity contribution < 1.29 is 9.53 Å². The molecule has 0 aliphatic heterocycles. The number of ether oxygens (including phenoxy) is 1. The molecule has 0 spiro atoms. The van der Waals surface area contributed by atoms with Gasteiger partial charge in [-0.1, -0.05) is 29.8 Å². The number of aromatic nitrogens is 1. The highest BCUT2D eigenvalue weighted by molar-refractivity contribution is 6.35. The van der Waals surface area contributed by atoms with Crippen molar-refractivity contribution in [3.8, 4) is 5.75 Å². The van der Waals surface area contributed by atoms with Crippen molar-refractivity contribution in [2.75, 3.05) is 25.0 Å². The smallest absolute Gasteiger partial charge is 0.257 e. The minimum absolute atomic E-state index is 0.0561. The number of pyridine rings is 1. The number of anilines is 1. The number of carbonyl (C=O) groups excluding carboxylic acids is 1. The van der Waals surface area contributed by atoms with Crippen LogP contribution >= 0.6 is 11.6 Å². The van der Waals surface area contributed by atoms with Crippen LogP contribution in [0.4, 0.5) is 5.69 Å². The fourth-order valence-corrected chi connectivity index (χ4v) is 2.74. The Hall–Kier alpha value is -2.79. The van der Waals surface area contributed by atoms with E-state index in [-0.39, 0.29) is 12.5 Å². The van der Waals surface area contributed by atoms with E-state index in [0.29, 0.717) is 22.8 Å². The molecule has 0 saturated carbocycles. The predicted octanol–water partition coefficient (Wildman–Crippen LogP) is 3.89. The summed E-state index contributed by atoms with van der Waals surface area (Å²) < 4.78 is 5.61. The lowest BCUT2D eigenvalue weighted by Crippen LogP contribution is -2.30. The zero-order valence-corrected chi connectivity index (χ0v) is 15.0. The van der Waals surface area contributed by atoms with Gasteiger partial charge in [-0.15, -0.1) is 0 Å². The second kappa shape index (κ2) is 9.06. The van der Waals surface area contributed by atoms with Gasteiger partial charge in [-0.3, -0.25) is 9.78 Å². The summed E-state index contributed by atoms with van der Waals surface area (Å²) >= 11 is 6.15. The first-order valence-corrected chi connectivity index (χ1v) is 8.83. The van der Waals surface area contributed by atoms with Crippen LogP contribution in [-0.2, 0) is 4.79 Å². The summed E-state index contributed by atoms with van der Waals surface area (Å²) in [5.41, 5.74) is 1.73. The molecule has 2 N–H and O–H groups in total. The monoisotopic (exact) mass is 369 g/mol. The van der Waals surface area contributed by atoms with Gasteiger partial charge in [-0.05, 0) is 42.8 Å². The van der Waals surface area contributed by atoms with Gasteiger partial charge >= 0.3 is 0 Å². The minimum Gasteiger partial charge on any atom is -0.481 e. The third-order valence-electron chi connectivity index (χ3n) is 3.82. The highest BCUT2D eigenvalue weighted by Gasteiger charge is 2.08. The molecule has 3 aromatic rings. The molecule has 3 rings (SSSR count). The molecule has 0 bridgehead atoms. The average molecular weight is 370 g/mol. The Morgan fingerprint density at radius 3 is 2.73 bits per heavy atom. The molecular weight excluding hydrogens is 350 g/mol. The van der Waals surface area contributed by atoms with E-state index < -0.39 is 0 Å². The summed E-state index contributed by atoms with van der Waals surface area (Å²) in [4.78, 5) is 16.2. The van der Waals surface area contributed by atoms with Gasteiger partial charge in [0.05, 0.1) is 5.02 Å². The molecule has 0 aliphatic carbocycles. The van der Waals surface area contributed by atoms with Crippen LogP contribution in [0.15, 0.2) is 60.8 Å². The average Bonchev–Trinajstić information content (AvgIpc) is 2.68. The van der Waals surface area contributed by atoms with Crippen LogP contribution in [0.2, 0.25) is 5.02 Å². The van der Waals surface area contributed by atoms with Crippen molar-refractivity contribution in [2.45, 2.75) is 6.42 Å². The predicted molar refractivity (Wildman–Crippen MR) is 105 cm³/mol. The number of rotatable bonds is 8. The maximum Gasteiger partial charge on any atom is 0.257 e. The standard InChI is InChI=1S/C20H20ClN3O2/c21-17-9-10-18(20-16(17)8-4-11-24-20)26-14-19(25)23-13-5-12-22-15-6-2-1-3-7-15/h1-4,6-11,22H,5,12-14H2,(H,23,25). The van der Waals surface area contributed by atoms with E-state index in [1.807, 2.05) is 42.5 Å². The number of halogens is 1. The number of hydrogen-bond donors (Lipinski definition) is 2. The highest BCUT2D eigenvalue weighted by Crippen LogP contribution is 2.29. The first-order valence-electron chi connectivity index (χ1n) is 8.46. The molecule has 0 fully saturated rings. The van der Waals surface area contributed by atoms with E-state index >= 15 is 0 Å². The maximum atomic E-state index is 11.9. The van der Waals surface area contributed by atoms with E-state index in [0.717, 1.165) is 24.0 Å². The first kappa shape index (κ1) is 18.0. The molecule has 5 nitrogen and oxygen atoms in total. The van der Waals surface area contributed by atoms with Crippen LogP contribution < -0.4 is 15.4 Å². The number of amides is 1. The molecule has 1 heterocycles. The van der Waals surface area contributed by atoms with Crippen LogP contribution in [0.25, 0.3) is 10.9 Å². The van der Waals surface area contributed by atoms with Crippen LogP contribution in [0.5, 0.6) is 5.75 Å². The fraction of sp³-hybridized carbons (Fsp3) is 0.200. The number of nitrogens with zero attached hydrogens (tertiary/aromatic N) is 1. The second-order valence-electron chi connectivity index (χ2n) is 5.73. The largest absolute Gasteiger partial charge is 0.481 e. The van der Waals surface area contributed by atoms with E-state index in [9.17, 15) is 4.79 Å². The van der Waals surface area contributed by atoms with Crippen molar-refractivity contribution in [3.63, 3.8) is 0 Å². The normalized spacial score (nSPS) is 10.5. The summed E-state index contributed by atoms with van der Waals surface area (Å²) in [7, 11) is 0. The maximum absolute atomic E-state index is 11.9. The van der Waals surface area contributed by atoms with E-state index in [1.165, 1.54) is 0 Å². The number of benzene rings is 2. The molecule has 26 heavy (non-hydrogen) atoms. The van der Waals surface area contributed by atoms with Crippen molar-refractivity contribution in [2.24, 2.45) is 0 Å². The number of para-hydroxylation sites is 1. The Morgan fingerprint density at radius 1 is 1.04 bits per heavy atom. The summed E-state index contributed by atoms with van der Waals surface area (Å²) in [6, 6.07) is 17.1. The molecule has 0 saturated heterocycles. The molecule has 0 atom stereocenters. The Balaban J connectivity index is 1.41. The van der Waals surface area contributed by atoms with Crippen LogP contribution in [0.3, 0.4) is 0 Å². The minimum atomic E-state index is -0.163. The zero-order chi connectivity index (χ0) is 18.2. The number of nitrogens with one attached hydrogen (secondary N) is 2. The van der Waals surface area contributed by atoms with Gasteiger partial charge in [0, 0.05) is 30.4 Å². The molecule has 134 valence electrons. The summed E-state index contributed by atoms with van der Waals surface area (Å²) in [6.07, 6.45) is 2.50. The van der Waals surface area contributed by atoms with Gasteiger partial charge in [0.1, 0.15) is 11.3 Å². The lowest BCUT2D eigenvalue weighted by Gasteiger charge is -2.10. The Morgan fingerprint density at radius 2 is 1.88 bits per heavy atom. The summed E-state index contributed by atoms with van der Waals surface area (Å²) in [5.74, 6) is 0.384. The van der Waals surface area contributed by atoms with Crippen LogP contribution in [0, 0.1) is 0 Å². The number of hydrogen-bond acceptors (Lipinski definition) is 4. The molecule has 2 aromatic carbocycles. The van der Waals surface area contributed by atoms with Gasteiger partial charge in [0.25, 0.3) is 5.91 Å². The zero-order valence-electron chi connectivity index (χ0n) is 14.2. The van der Waals surface area contributed by atoms with Gasteiger partial charge in [0.2, 0.25) is 0 Å². The van der Waals surface area contributed by atoms with Gasteiger partial charge in [0.15, 0.2) is 6.61 Å². The lowest BCUT2D eigenvalue weighted by molar-refractivity contribution is -0.123. The Kier molecular flexibility index (Phi) is 6.28. The SMILES string of the molecule is O=C(COc1ccc(Cl)c2cccnc12)NCCCNc1ccccc1. The molecule has 0 unspecified atom stereocenters. The van der Waals surface area contributed by atoms with Gasteiger partial charge in [-0.25, -0.2) is 0 Å². The molecule has 0 aliphatic rings. The lowest BCUT2D eigenvalue weighted by atomic mass is 10.2. The number of carbonyl (C=O) groups is 1. The van der Waals surface area contributed by atoms with E-state index in [2.05, 4.69) is 15.6 Å². The van der Waals surface area contributed by atoms with E-state index in [4.69, 9.17) is 16.3 Å². The quantitative estimate of drug-likeness (QED) is 0.591. The summed E-state index contributed by atoms with van der Waals surface area (Å²) in [6.45, 7) is 1.32. The molecule has 0 radical (unpaired) electrons. The van der Waals surface area contributed by atoms with Crippen molar-refractivity contribution in [3.05, 3.63) is 65.8 Å². The third-order valence-corrected chi connectivity index (χ3v) is 4.15. The van der Waals surface area contributed by atoms with Crippen LogP contribution in [-0.4, -0.2) is 30.6 Å². The molecule has 1 aromatic heterocycles. The topological polar surface area (TPSA) is 63.2 Å². The Bertz CT molecular complexity index is 871. The fourth-order valence-electron chi connectivity index (χ4n) is 2.53. The number of fused-ring (bicyclic) bond motifs is 1. The van der Waals surface area contributed by atoms with Crippen LogP contribution in [0.1, 0.15) is 6.42 Å². The second-order valence-corrected chi connectivity index (χ2v) is 6.14. The molecular formula is C20H20ClN3O2. The third kappa shape index (κ3) is 4.86. The van der Waals surface area contributed by atoms with Crippen molar-refractivity contribution >= 4 is 34.1 Å².